The highest BCUT2D eigenvalue weighted by Gasteiger charge is 2.14. The van der Waals surface area contributed by atoms with Crippen molar-refractivity contribution in [3.63, 3.8) is 0 Å². The Kier molecular flexibility index (Phi) is 4.71. The van der Waals surface area contributed by atoms with Crippen molar-refractivity contribution in [1.29, 1.82) is 0 Å². The lowest BCUT2D eigenvalue weighted by Gasteiger charge is -2.10. The number of nitrogens with zero attached hydrogens (tertiary/aromatic N) is 3. The number of nitrogens with one attached hydrogen (secondary N) is 1. The number of carbonyl (C=O) groups excluding carboxylic acids is 1. The Bertz CT molecular complexity index is 509. The highest BCUT2D eigenvalue weighted by molar-refractivity contribution is 5.88. The number of benzene rings is 1. The maximum atomic E-state index is 10.9. The Morgan fingerprint density at radius 1 is 1.56 bits per heavy atom. The Morgan fingerprint density at radius 2 is 2.28 bits per heavy atom. The van der Waals surface area contributed by atoms with Crippen LogP contribution in [0.1, 0.15) is 24.9 Å². The normalized spacial score (nSPS) is 11.2. The Morgan fingerprint density at radius 3 is 2.83 bits per heavy atom. The number of carboxylic acid groups (broad SMARTS) is 1. The molecule has 0 fully saturated rings. The van der Waals surface area contributed by atoms with Gasteiger partial charge in [0, 0.05) is 17.5 Å². The Balaban J connectivity index is 3.00. The molecule has 94 valence electrons. The minimum Gasteiger partial charge on any atom is -0.481 e. The van der Waals surface area contributed by atoms with Crippen LogP contribution in [0.5, 0.6) is 0 Å². The first-order chi connectivity index (χ1) is 8.52. The molecule has 1 aromatic rings. The van der Waals surface area contributed by atoms with Crippen LogP contribution in [0.3, 0.4) is 0 Å². The van der Waals surface area contributed by atoms with Gasteiger partial charge in [0.1, 0.15) is 0 Å². The number of anilines is 1. The number of hydrogen-bond acceptors (Lipinski definition) is 3. The van der Waals surface area contributed by atoms with Gasteiger partial charge in [-0.15, -0.1) is 0 Å². The minimum atomic E-state index is -1.06. The van der Waals surface area contributed by atoms with Crippen molar-refractivity contribution in [2.75, 3.05) is 5.32 Å². The maximum Gasteiger partial charge on any atom is 0.304 e. The second kappa shape index (κ2) is 6.27. The average molecular weight is 248 g/mol. The summed E-state index contributed by atoms with van der Waals surface area (Å²) in [6, 6.07) is 5.76. The molecule has 18 heavy (non-hydrogen) atoms. The van der Waals surface area contributed by atoms with E-state index < -0.39 is 12.0 Å². The molecule has 0 aliphatic carbocycles. The van der Waals surface area contributed by atoms with E-state index in [2.05, 4.69) is 15.3 Å². The zero-order valence-corrected chi connectivity index (χ0v) is 9.70. The predicted octanol–water partition coefficient (Wildman–Crippen LogP) is 2.47. The predicted molar refractivity (Wildman–Crippen MR) is 64.9 cm³/mol. The molecule has 0 saturated heterocycles. The number of aliphatic carboxylic acids is 1. The van der Waals surface area contributed by atoms with Gasteiger partial charge in [-0.1, -0.05) is 17.2 Å². The zero-order valence-electron chi connectivity index (χ0n) is 9.70. The third kappa shape index (κ3) is 4.15. The molecule has 0 radical (unpaired) electrons. The third-order valence-corrected chi connectivity index (χ3v) is 2.15. The molecule has 0 heterocycles. The molecule has 2 N–H and O–H groups in total. The SMILES string of the molecule is CC(=O)Nc1cccc(C(CC(=O)O)N=[N+]=[N-])c1. The van der Waals surface area contributed by atoms with Crippen LogP contribution in [0.15, 0.2) is 29.4 Å². The van der Waals surface area contributed by atoms with Crippen LogP contribution in [-0.2, 0) is 9.59 Å². The number of hydrogen-bond donors (Lipinski definition) is 2. The lowest BCUT2D eigenvalue weighted by molar-refractivity contribution is -0.137. The van der Waals surface area contributed by atoms with Crippen LogP contribution in [0.2, 0.25) is 0 Å². The molecular weight excluding hydrogens is 236 g/mol. The van der Waals surface area contributed by atoms with Gasteiger partial charge in [0.25, 0.3) is 0 Å². The van der Waals surface area contributed by atoms with E-state index in [1.165, 1.54) is 6.92 Å². The third-order valence-electron chi connectivity index (χ3n) is 2.15. The molecule has 7 heteroatoms. The Hall–Kier alpha value is -2.53. The first-order valence-corrected chi connectivity index (χ1v) is 5.16. The summed E-state index contributed by atoms with van der Waals surface area (Å²) in [4.78, 5) is 24.2. The van der Waals surface area contributed by atoms with Gasteiger partial charge in [0.2, 0.25) is 5.91 Å². The summed E-state index contributed by atoms with van der Waals surface area (Å²) in [5.41, 5.74) is 9.50. The lowest BCUT2D eigenvalue weighted by Crippen LogP contribution is -2.07. The minimum absolute atomic E-state index is 0.231. The summed E-state index contributed by atoms with van der Waals surface area (Å²) in [6.45, 7) is 1.37. The zero-order chi connectivity index (χ0) is 13.5. The van der Waals surface area contributed by atoms with Crippen molar-refractivity contribution >= 4 is 17.6 Å². The van der Waals surface area contributed by atoms with Crippen LogP contribution < -0.4 is 5.32 Å². The van der Waals surface area contributed by atoms with Gasteiger partial charge < -0.3 is 10.4 Å². The van der Waals surface area contributed by atoms with Gasteiger partial charge in [-0.05, 0) is 23.2 Å². The van der Waals surface area contributed by atoms with Crippen molar-refractivity contribution in [2.45, 2.75) is 19.4 Å². The number of azide groups is 1. The fraction of sp³-hybridized carbons (Fsp3) is 0.273. The highest BCUT2D eigenvalue weighted by Crippen LogP contribution is 2.24. The van der Waals surface area contributed by atoms with Crippen molar-refractivity contribution in [1.82, 2.24) is 0 Å². The first kappa shape index (κ1) is 13.5. The monoisotopic (exact) mass is 248 g/mol. The molecule has 0 aliphatic heterocycles. The van der Waals surface area contributed by atoms with Crippen LogP contribution >= 0.6 is 0 Å². The molecule has 1 unspecified atom stereocenters. The molecule has 7 nitrogen and oxygen atoms in total. The van der Waals surface area contributed by atoms with E-state index in [9.17, 15) is 9.59 Å². The van der Waals surface area contributed by atoms with Crippen LogP contribution in [0, 0.1) is 0 Å². The molecule has 1 amide bonds. The molecule has 0 aromatic heterocycles. The van der Waals surface area contributed by atoms with E-state index in [-0.39, 0.29) is 12.3 Å². The summed E-state index contributed by atoms with van der Waals surface area (Å²) in [5, 5.41) is 14.7. The van der Waals surface area contributed by atoms with Crippen molar-refractivity contribution in [3.05, 3.63) is 40.3 Å². The largest absolute Gasteiger partial charge is 0.481 e. The Labute approximate surface area is 103 Å². The fourth-order valence-electron chi connectivity index (χ4n) is 1.48. The number of rotatable bonds is 5. The average Bonchev–Trinajstić information content (AvgIpc) is 2.27. The molecule has 1 atom stereocenters. The molecule has 0 saturated carbocycles. The summed E-state index contributed by atoms with van der Waals surface area (Å²) >= 11 is 0. The van der Waals surface area contributed by atoms with Crippen molar-refractivity contribution < 1.29 is 14.7 Å². The maximum absolute atomic E-state index is 10.9. The second-order valence-electron chi connectivity index (χ2n) is 3.63. The van der Waals surface area contributed by atoms with E-state index in [0.29, 0.717) is 11.3 Å². The van der Waals surface area contributed by atoms with Crippen LogP contribution in [0.4, 0.5) is 5.69 Å². The van der Waals surface area contributed by atoms with E-state index in [0.717, 1.165) is 0 Å². The topological polar surface area (TPSA) is 115 Å². The van der Waals surface area contributed by atoms with Gasteiger partial charge in [-0.2, -0.15) is 0 Å². The summed E-state index contributed by atoms with van der Waals surface area (Å²) < 4.78 is 0. The first-order valence-electron chi connectivity index (χ1n) is 5.16. The second-order valence-corrected chi connectivity index (χ2v) is 3.63. The number of amides is 1. The van der Waals surface area contributed by atoms with E-state index in [4.69, 9.17) is 10.6 Å². The smallest absolute Gasteiger partial charge is 0.304 e. The van der Waals surface area contributed by atoms with Gasteiger partial charge in [0.05, 0.1) is 12.5 Å². The number of carboxylic acids is 1. The summed E-state index contributed by atoms with van der Waals surface area (Å²) in [7, 11) is 0. The molecule has 0 bridgehead atoms. The lowest BCUT2D eigenvalue weighted by atomic mass is 10.0. The van der Waals surface area contributed by atoms with E-state index >= 15 is 0 Å². The molecule has 0 aliphatic rings. The van der Waals surface area contributed by atoms with E-state index in [1.807, 2.05) is 0 Å². The van der Waals surface area contributed by atoms with Gasteiger partial charge in [-0.3, -0.25) is 9.59 Å². The standard InChI is InChI=1S/C11H12N4O3/c1-7(16)13-9-4-2-3-8(5-9)10(14-15-12)6-11(17)18/h2-5,10H,6H2,1H3,(H,13,16)(H,17,18). The van der Waals surface area contributed by atoms with Gasteiger partial charge >= 0.3 is 5.97 Å². The molecule has 1 rings (SSSR count). The summed E-state index contributed by atoms with van der Waals surface area (Å²) in [6.07, 6.45) is -0.298. The quantitative estimate of drug-likeness (QED) is 0.473. The molecule has 0 spiro atoms. The summed E-state index contributed by atoms with van der Waals surface area (Å²) in [5.74, 6) is -1.29. The van der Waals surface area contributed by atoms with Crippen molar-refractivity contribution in [3.8, 4) is 0 Å². The van der Waals surface area contributed by atoms with Gasteiger partial charge in [0.15, 0.2) is 0 Å². The van der Waals surface area contributed by atoms with Crippen molar-refractivity contribution in [2.24, 2.45) is 5.11 Å². The fourth-order valence-corrected chi connectivity index (χ4v) is 1.48. The van der Waals surface area contributed by atoms with Gasteiger partial charge in [-0.25, -0.2) is 0 Å². The number of carbonyl (C=O) groups is 2. The molecular formula is C11H12N4O3. The molecule has 1 aromatic carbocycles. The van der Waals surface area contributed by atoms with Crippen LogP contribution in [-0.4, -0.2) is 17.0 Å². The highest BCUT2D eigenvalue weighted by atomic mass is 16.4. The van der Waals surface area contributed by atoms with Crippen LogP contribution in [0.25, 0.3) is 10.4 Å². The van der Waals surface area contributed by atoms with E-state index in [1.54, 1.807) is 24.3 Å².